The van der Waals surface area contributed by atoms with Gasteiger partial charge in [0, 0.05) is 6.61 Å². The average Bonchev–Trinajstić information content (AvgIpc) is 2.00. The number of hydrogen-bond acceptors (Lipinski definition) is 3. The molecular weight excluding hydrogens is 192 g/mol. The first-order valence-corrected chi connectivity index (χ1v) is 5.72. The second kappa shape index (κ2) is 7.20. The molecule has 0 saturated carbocycles. The highest BCUT2D eigenvalue weighted by Gasteiger charge is 2.15. The number of hydrogen-bond donors (Lipinski definition) is 0. The maximum absolute atomic E-state index is 5.71. The Hall–Kier alpha value is -0.120. The molecule has 0 fully saturated rings. The zero-order valence-corrected chi connectivity index (χ0v) is 11.0. The van der Waals surface area contributed by atoms with Crippen molar-refractivity contribution < 1.29 is 14.2 Å². The third-order valence-corrected chi connectivity index (χ3v) is 1.71. The molecule has 0 aliphatic heterocycles. The van der Waals surface area contributed by atoms with Crippen molar-refractivity contribution in [1.29, 1.82) is 0 Å². The van der Waals surface area contributed by atoms with Crippen LogP contribution in [-0.2, 0) is 14.2 Å². The summed E-state index contributed by atoms with van der Waals surface area (Å²) in [5.41, 5.74) is -0.103. The Kier molecular flexibility index (Phi) is 7.14. The summed E-state index contributed by atoms with van der Waals surface area (Å²) < 4.78 is 16.6. The standard InChI is InChI=1S/C12H26O3/c1-7-14-10(2)8-13-9-11(3)15-12(4,5)6/h10-11H,7-9H2,1-6H3. The van der Waals surface area contributed by atoms with E-state index in [0.717, 1.165) is 6.61 Å². The van der Waals surface area contributed by atoms with Crippen LogP contribution in [0, 0.1) is 0 Å². The highest BCUT2D eigenvalue weighted by molar-refractivity contribution is 4.62. The first-order valence-electron chi connectivity index (χ1n) is 5.72. The minimum absolute atomic E-state index is 0.103. The Morgan fingerprint density at radius 3 is 2.00 bits per heavy atom. The zero-order valence-electron chi connectivity index (χ0n) is 11.0. The van der Waals surface area contributed by atoms with Crippen LogP contribution in [0.5, 0.6) is 0 Å². The molecule has 0 radical (unpaired) electrons. The summed E-state index contributed by atoms with van der Waals surface area (Å²) in [6.07, 6.45) is 0.288. The van der Waals surface area contributed by atoms with Gasteiger partial charge in [-0.25, -0.2) is 0 Å². The molecule has 3 heteroatoms. The summed E-state index contributed by atoms with van der Waals surface area (Å²) in [5.74, 6) is 0. The molecule has 3 nitrogen and oxygen atoms in total. The predicted molar refractivity (Wildman–Crippen MR) is 62.2 cm³/mol. The van der Waals surface area contributed by atoms with Crippen molar-refractivity contribution in [2.75, 3.05) is 19.8 Å². The molecule has 0 aliphatic rings. The normalized spacial score (nSPS) is 16.4. The van der Waals surface area contributed by atoms with E-state index in [1.165, 1.54) is 0 Å². The fourth-order valence-electron chi connectivity index (χ4n) is 1.37. The molecule has 2 unspecified atom stereocenters. The summed E-state index contributed by atoms with van der Waals surface area (Å²) in [7, 11) is 0. The Balaban J connectivity index is 3.50. The van der Waals surface area contributed by atoms with E-state index in [9.17, 15) is 0 Å². The van der Waals surface area contributed by atoms with Gasteiger partial charge in [0.2, 0.25) is 0 Å². The van der Waals surface area contributed by atoms with E-state index in [1.54, 1.807) is 0 Å². The summed E-state index contributed by atoms with van der Waals surface area (Å²) >= 11 is 0. The molecule has 0 N–H and O–H groups in total. The van der Waals surface area contributed by atoms with Gasteiger partial charge in [-0.2, -0.15) is 0 Å². The third-order valence-electron chi connectivity index (χ3n) is 1.71. The minimum atomic E-state index is -0.103. The van der Waals surface area contributed by atoms with Crippen molar-refractivity contribution in [3.8, 4) is 0 Å². The van der Waals surface area contributed by atoms with Crippen LogP contribution in [0.2, 0.25) is 0 Å². The van der Waals surface area contributed by atoms with Gasteiger partial charge in [0.15, 0.2) is 0 Å². The van der Waals surface area contributed by atoms with Gasteiger partial charge in [0.25, 0.3) is 0 Å². The van der Waals surface area contributed by atoms with E-state index in [-0.39, 0.29) is 17.8 Å². The molecule has 2 atom stereocenters. The maximum Gasteiger partial charge on any atom is 0.0787 e. The Bertz CT molecular complexity index is 151. The summed E-state index contributed by atoms with van der Waals surface area (Å²) in [6, 6.07) is 0. The van der Waals surface area contributed by atoms with Gasteiger partial charge in [0.1, 0.15) is 0 Å². The molecule has 0 bridgehead atoms. The van der Waals surface area contributed by atoms with Crippen LogP contribution in [-0.4, -0.2) is 37.6 Å². The number of rotatable bonds is 7. The monoisotopic (exact) mass is 218 g/mol. The summed E-state index contributed by atoms with van der Waals surface area (Å²) in [6.45, 7) is 14.2. The molecule has 92 valence electrons. The lowest BCUT2D eigenvalue weighted by atomic mass is 10.2. The summed E-state index contributed by atoms with van der Waals surface area (Å²) in [4.78, 5) is 0. The highest BCUT2D eigenvalue weighted by atomic mass is 16.6. The molecule has 0 aromatic rings. The van der Waals surface area contributed by atoms with Crippen LogP contribution >= 0.6 is 0 Å². The van der Waals surface area contributed by atoms with E-state index < -0.39 is 0 Å². The second-order valence-electron chi connectivity index (χ2n) is 4.84. The van der Waals surface area contributed by atoms with Gasteiger partial charge in [-0.1, -0.05) is 0 Å². The predicted octanol–water partition coefficient (Wildman–Crippen LogP) is 2.63. The minimum Gasteiger partial charge on any atom is -0.376 e. The van der Waals surface area contributed by atoms with Crippen molar-refractivity contribution in [2.24, 2.45) is 0 Å². The van der Waals surface area contributed by atoms with Crippen LogP contribution in [0.15, 0.2) is 0 Å². The molecular formula is C12H26O3. The van der Waals surface area contributed by atoms with Crippen molar-refractivity contribution in [1.82, 2.24) is 0 Å². The maximum atomic E-state index is 5.71. The Morgan fingerprint density at radius 2 is 1.53 bits per heavy atom. The quantitative estimate of drug-likeness (QED) is 0.657. The van der Waals surface area contributed by atoms with Crippen LogP contribution in [0.4, 0.5) is 0 Å². The molecule has 0 aromatic heterocycles. The van der Waals surface area contributed by atoms with Gasteiger partial charge >= 0.3 is 0 Å². The average molecular weight is 218 g/mol. The number of ether oxygens (including phenoxy) is 3. The SMILES string of the molecule is CCOC(C)COCC(C)OC(C)(C)C. The van der Waals surface area contributed by atoms with Crippen LogP contribution in [0.3, 0.4) is 0 Å². The largest absolute Gasteiger partial charge is 0.376 e. The van der Waals surface area contributed by atoms with Crippen LogP contribution < -0.4 is 0 Å². The first kappa shape index (κ1) is 14.9. The van der Waals surface area contributed by atoms with Crippen molar-refractivity contribution >= 4 is 0 Å². The molecule has 0 heterocycles. The van der Waals surface area contributed by atoms with Crippen LogP contribution in [0.1, 0.15) is 41.5 Å². The lowest BCUT2D eigenvalue weighted by molar-refractivity contribution is -0.0950. The topological polar surface area (TPSA) is 27.7 Å². The van der Waals surface area contributed by atoms with Gasteiger partial charge in [-0.15, -0.1) is 0 Å². The van der Waals surface area contributed by atoms with E-state index in [1.807, 2.05) is 41.5 Å². The Morgan fingerprint density at radius 1 is 1.00 bits per heavy atom. The molecule has 15 heavy (non-hydrogen) atoms. The Labute approximate surface area is 94.1 Å². The van der Waals surface area contributed by atoms with E-state index in [4.69, 9.17) is 14.2 Å². The van der Waals surface area contributed by atoms with E-state index >= 15 is 0 Å². The van der Waals surface area contributed by atoms with Crippen molar-refractivity contribution in [3.05, 3.63) is 0 Å². The fraction of sp³-hybridized carbons (Fsp3) is 1.00. The lowest BCUT2D eigenvalue weighted by Crippen LogP contribution is -2.29. The van der Waals surface area contributed by atoms with Crippen molar-refractivity contribution in [3.63, 3.8) is 0 Å². The molecule has 0 spiro atoms. The molecule has 0 amide bonds. The van der Waals surface area contributed by atoms with Gasteiger partial charge in [-0.3, -0.25) is 0 Å². The fourth-order valence-corrected chi connectivity index (χ4v) is 1.37. The molecule has 0 rings (SSSR count). The van der Waals surface area contributed by atoms with E-state index in [0.29, 0.717) is 13.2 Å². The second-order valence-corrected chi connectivity index (χ2v) is 4.84. The lowest BCUT2D eigenvalue weighted by Gasteiger charge is -2.25. The smallest absolute Gasteiger partial charge is 0.0787 e. The highest BCUT2D eigenvalue weighted by Crippen LogP contribution is 2.10. The molecule has 0 saturated heterocycles. The first-order chi connectivity index (χ1) is 6.85. The molecule has 0 aromatic carbocycles. The van der Waals surface area contributed by atoms with Crippen molar-refractivity contribution in [2.45, 2.75) is 59.4 Å². The zero-order chi connectivity index (χ0) is 11.9. The molecule has 0 aliphatic carbocycles. The van der Waals surface area contributed by atoms with E-state index in [2.05, 4.69) is 0 Å². The summed E-state index contributed by atoms with van der Waals surface area (Å²) in [5, 5.41) is 0. The van der Waals surface area contributed by atoms with Crippen LogP contribution in [0.25, 0.3) is 0 Å². The van der Waals surface area contributed by atoms with Gasteiger partial charge in [0.05, 0.1) is 31.0 Å². The van der Waals surface area contributed by atoms with Gasteiger partial charge < -0.3 is 14.2 Å². The third kappa shape index (κ3) is 10.2. The van der Waals surface area contributed by atoms with Gasteiger partial charge in [-0.05, 0) is 41.5 Å².